The summed E-state index contributed by atoms with van der Waals surface area (Å²) >= 11 is 0. The van der Waals surface area contributed by atoms with E-state index in [1.54, 1.807) is 0 Å². The first-order valence-corrected chi connectivity index (χ1v) is 10.3. The van der Waals surface area contributed by atoms with E-state index in [1.165, 1.54) is 0 Å². The molecule has 2 aromatic carbocycles. The minimum Gasteiger partial charge on any atom is -0.486 e. The molecule has 0 saturated heterocycles. The molecule has 1 saturated carbocycles. The zero-order valence-corrected chi connectivity index (χ0v) is 16.5. The van der Waals surface area contributed by atoms with Crippen LogP contribution in [0.3, 0.4) is 0 Å². The maximum Gasteiger partial charge on any atom is 0.231 e. The highest BCUT2D eigenvalue weighted by molar-refractivity contribution is 5.89. The van der Waals surface area contributed by atoms with E-state index in [9.17, 15) is 4.79 Å². The quantitative estimate of drug-likeness (QED) is 0.851. The van der Waals surface area contributed by atoms with E-state index in [-0.39, 0.29) is 18.7 Å². The lowest BCUT2D eigenvalue weighted by molar-refractivity contribution is -0.127. The van der Waals surface area contributed by atoms with Gasteiger partial charge in [-0.2, -0.15) is 0 Å². The Hall–Kier alpha value is -2.89. The molecule has 0 spiro atoms. The Morgan fingerprint density at radius 1 is 0.897 bits per heavy atom. The average Bonchev–Trinajstić information content (AvgIpc) is 3.43. The molecule has 29 heavy (non-hydrogen) atoms. The van der Waals surface area contributed by atoms with Gasteiger partial charge >= 0.3 is 0 Å². The summed E-state index contributed by atoms with van der Waals surface area (Å²) in [7, 11) is 0. The normalized spacial score (nSPS) is 19.6. The van der Waals surface area contributed by atoms with Crippen LogP contribution in [0.5, 0.6) is 23.0 Å². The van der Waals surface area contributed by atoms with Crippen LogP contribution < -0.4 is 24.3 Å². The second kappa shape index (κ2) is 7.17. The van der Waals surface area contributed by atoms with Crippen molar-refractivity contribution >= 4 is 5.91 Å². The highest BCUT2D eigenvalue weighted by Crippen LogP contribution is 2.45. The number of hydrogen-bond acceptors (Lipinski definition) is 5. The molecule has 1 aliphatic carbocycles. The van der Waals surface area contributed by atoms with Crippen LogP contribution in [0.2, 0.25) is 0 Å². The molecule has 1 N–H and O–H groups in total. The molecular weight excluding hydrogens is 370 g/mol. The summed E-state index contributed by atoms with van der Waals surface area (Å²) in [6.45, 7) is 3.34. The van der Waals surface area contributed by atoms with Gasteiger partial charge in [0.1, 0.15) is 13.2 Å². The molecule has 1 amide bonds. The van der Waals surface area contributed by atoms with Crippen molar-refractivity contribution in [1.29, 1.82) is 0 Å². The van der Waals surface area contributed by atoms with Crippen molar-refractivity contribution in [3.63, 3.8) is 0 Å². The Morgan fingerprint density at radius 2 is 1.55 bits per heavy atom. The molecule has 6 heteroatoms. The minimum atomic E-state index is -0.527. The van der Waals surface area contributed by atoms with Gasteiger partial charge in [-0.05, 0) is 55.2 Å². The fraction of sp³-hybridized carbons (Fsp3) is 0.435. The smallest absolute Gasteiger partial charge is 0.231 e. The molecule has 0 radical (unpaired) electrons. The highest BCUT2D eigenvalue weighted by Gasteiger charge is 2.43. The van der Waals surface area contributed by atoms with Crippen molar-refractivity contribution in [1.82, 2.24) is 5.32 Å². The zero-order chi connectivity index (χ0) is 19.8. The Balaban J connectivity index is 1.40. The molecule has 2 heterocycles. The lowest BCUT2D eigenvalue weighted by Crippen LogP contribution is -2.43. The second-order valence-electron chi connectivity index (χ2n) is 7.96. The maximum absolute atomic E-state index is 13.5. The van der Waals surface area contributed by atoms with Gasteiger partial charge in [-0.1, -0.05) is 25.0 Å². The summed E-state index contributed by atoms with van der Waals surface area (Å²) in [6.07, 6.45) is 3.76. The molecule has 0 aromatic heterocycles. The van der Waals surface area contributed by atoms with Crippen molar-refractivity contribution in [2.24, 2.45) is 0 Å². The number of carbonyl (C=O) groups is 1. The molecule has 2 aromatic rings. The van der Waals surface area contributed by atoms with E-state index < -0.39 is 5.41 Å². The lowest BCUT2D eigenvalue weighted by atomic mass is 9.77. The molecule has 1 unspecified atom stereocenters. The van der Waals surface area contributed by atoms with E-state index in [0.717, 1.165) is 59.8 Å². The topological polar surface area (TPSA) is 66.0 Å². The van der Waals surface area contributed by atoms with Gasteiger partial charge in [0.15, 0.2) is 23.0 Å². The van der Waals surface area contributed by atoms with Gasteiger partial charge in [0, 0.05) is 0 Å². The number of amides is 1. The van der Waals surface area contributed by atoms with Crippen LogP contribution in [-0.2, 0) is 10.2 Å². The predicted molar refractivity (Wildman–Crippen MR) is 107 cm³/mol. The van der Waals surface area contributed by atoms with Gasteiger partial charge in [-0.15, -0.1) is 0 Å². The van der Waals surface area contributed by atoms with Crippen LogP contribution >= 0.6 is 0 Å². The minimum absolute atomic E-state index is 0.0665. The number of hydrogen-bond donors (Lipinski definition) is 1. The van der Waals surface area contributed by atoms with E-state index in [2.05, 4.69) is 5.32 Å². The molecule has 5 rings (SSSR count). The number of fused-ring (bicyclic) bond motifs is 2. The second-order valence-corrected chi connectivity index (χ2v) is 7.96. The fourth-order valence-corrected chi connectivity index (χ4v) is 4.57. The monoisotopic (exact) mass is 395 g/mol. The largest absolute Gasteiger partial charge is 0.486 e. The summed E-state index contributed by atoms with van der Waals surface area (Å²) in [5, 5.41) is 3.24. The first-order valence-electron chi connectivity index (χ1n) is 10.3. The van der Waals surface area contributed by atoms with Crippen LogP contribution in [0.25, 0.3) is 0 Å². The van der Waals surface area contributed by atoms with Crippen molar-refractivity contribution in [3.05, 3.63) is 47.5 Å². The Morgan fingerprint density at radius 3 is 2.38 bits per heavy atom. The average molecular weight is 395 g/mol. The Kier molecular flexibility index (Phi) is 4.49. The van der Waals surface area contributed by atoms with Crippen molar-refractivity contribution in [3.8, 4) is 23.0 Å². The number of nitrogens with one attached hydrogen (secondary N) is 1. The van der Waals surface area contributed by atoms with Crippen LogP contribution in [0.4, 0.5) is 0 Å². The van der Waals surface area contributed by atoms with E-state index in [4.69, 9.17) is 18.9 Å². The number of benzene rings is 2. The van der Waals surface area contributed by atoms with Gasteiger partial charge < -0.3 is 24.3 Å². The van der Waals surface area contributed by atoms with Gasteiger partial charge in [0.2, 0.25) is 12.7 Å². The number of carbonyl (C=O) groups excluding carboxylic acids is 1. The predicted octanol–water partition coefficient (Wildman–Crippen LogP) is 3.88. The molecule has 1 atom stereocenters. The standard InChI is InChI=1S/C23H25NO5/c1-15(16-4-6-19-20(12-16)29-14-28-19)24-22(25)23(8-2-3-9-23)17-5-7-18-21(13-17)27-11-10-26-18/h4-7,12-13,15H,2-3,8-11,14H2,1H3,(H,24,25). The summed E-state index contributed by atoms with van der Waals surface area (Å²) in [6, 6.07) is 11.6. The van der Waals surface area contributed by atoms with E-state index >= 15 is 0 Å². The van der Waals surface area contributed by atoms with Crippen LogP contribution in [-0.4, -0.2) is 25.9 Å². The van der Waals surface area contributed by atoms with Crippen molar-refractivity contribution in [2.75, 3.05) is 20.0 Å². The van der Waals surface area contributed by atoms with Gasteiger partial charge in [0.05, 0.1) is 11.5 Å². The lowest BCUT2D eigenvalue weighted by Gasteiger charge is -2.31. The van der Waals surface area contributed by atoms with Gasteiger partial charge in [0.25, 0.3) is 0 Å². The highest BCUT2D eigenvalue weighted by atomic mass is 16.7. The number of ether oxygens (including phenoxy) is 4. The van der Waals surface area contributed by atoms with E-state index in [0.29, 0.717) is 13.2 Å². The van der Waals surface area contributed by atoms with Crippen LogP contribution in [0, 0.1) is 0 Å². The summed E-state index contributed by atoms with van der Waals surface area (Å²) in [5.41, 5.74) is 1.48. The van der Waals surface area contributed by atoms with E-state index in [1.807, 2.05) is 43.3 Å². The summed E-state index contributed by atoms with van der Waals surface area (Å²) in [5.74, 6) is 3.03. The molecule has 3 aliphatic rings. The third-order valence-corrected chi connectivity index (χ3v) is 6.23. The first-order chi connectivity index (χ1) is 14.2. The first kappa shape index (κ1) is 18.2. The van der Waals surface area contributed by atoms with Crippen LogP contribution in [0.1, 0.15) is 49.8 Å². The summed E-state index contributed by atoms with van der Waals surface area (Å²) < 4.78 is 22.3. The van der Waals surface area contributed by atoms with Gasteiger partial charge in [-0.3, -0.25) is 4.79 Å². The number of rotatable bonds is 4. The molecule has 2 aliphatic heterocycles. The van der Waals surface area contributed by atoms with Crippen molar-refractivity contribution in [2.45, 2.75) is 44.1 Å². The fourth-order valence-electron chi connectivity index (χ4n) is 4.57. The molecule has 1 fully saturated rings. The summed E-state index contributed by atoms with van der Waals surface area (Å²) in [4.78, 5) is 13.5. The van der Waals surface area contributed by atoms with Crippen molar-refractivity contribution < 1.29 is 23.7 Å². The Labute approximate surface area is 170 Å². The molecule has 6 nitrogen and oxygen atoms in total. The third kappa shape index (κ3) is 3.16. The third-order valence-electron chi connectivity index (χ3n) is 6.23. The zero-order valence-electron chi connectivity index (χ0n) is 16.5. The molecule has 0 bridgehead atoms. The van der Waals surface area contributed by atoms with Crippen LogP contribution in [0.15, 0.2) is 36.4 Å². The molecular formula is C23H25NO5. The Bertz CT molecular complexity index is 935. The maximum atomic E-state index is 13.5. The molecule has 152 valence electrons. The SMILES string of the molecule is CC(NC(=O)C1(c2ccc3c(c2)OCCO3)CCCC1)c1ccc2c(c1)OCO2. The van der Waals surface area contributed by atoms with Gasteiger partial charge in [-0.25, -0.2) is 0 Å².